The fourth-order valence-corrected chi connectivity index (χ4v) is 4.25. The fraction of sp³-hybridized carbons (Fsp3) is 0.300. The van der Waals surface area contributed by atoms with E-state index in [0.717, 1.165) is 10.6 Å². The van der Waals surface area contributed by atoms with Gasteiger partial charge in [-0.2, -0.15) is 0 Å². The minimum atomic E-state index is -0.393. The number of morpholine rings is 1. The van der Waals surface area contributed by atoms with Gasteiger partial charge in [0.25, 0.3) is 0 Å². The number of nitrogens with one attached hydrogen (secondary N) is 1. The lowest BCUT2D eigenvalue weighted by Gasteiger charge is -2.29. The average molecular weight is 401 g/mol. The standard InChI is InChI=1S/C20H20FN3O3S/c21-15-11-14(5-6-16(15)23-7-9-27-10-8-23)22-19(25)12-24-17-3-1-2-4-18(17)28-13-20(24)26/h1-6,11H,7-10,12-13H2,(H,22,25). The third kappa shape index (κ3) is 3.98. The molecule has 1 N–H and O–H groups in total. The summed E-state index contributed by atoms with van der Waals surface area (Å²) in [7, 11) is 0. The maximum absolute atomic E-state index is 14.5. The van der Waals surface area contributed by atoms with Crippen LogP contribution in [0.3, 0.4) is 0 Å². The zero-order valence-corrected chi connectivity index (χ0v) is 16.0. The van der Waals surface area contributed by atoms with Crippen molar-refractivity contribution in [2.45, 2.75) is 4.90 Å². The zero-order chi connectivity index (χ0) is 19.5. The second-order valence-corrected chi connectivity index (χ2v) is 7.57. The first-order valence-electron chi connectivity index (χ1n) is 9.06. The van der Waals surface area contributed by atoms with Gasteiger partial charge in [-0.15, -0.1) is 11.8 Å². The first-order chi connectivity index (χ1) is 13.6. The Morgan fingerprint density at radius 2 is 1.93 bits per heavy atom. The second kappa shape index (κ2) is 8.20. The third-order valence-corrected chi connectivity index (χ3v) is 5.74. The van der Waals surface area contributed by atoms with Gasteiger partial charge in [0.05, 0.1) is 30.3 Å². The number of hydrogen-bond donors (Lipinski definition) is 1. The van der Waals surface area contributed by atoms with Crippen LogP contribution in [0.15, 0.2) is 47.4 Å². The molecule has 28 heavy (non-hydrogen) atoms. The monoisotopic (exact) mass is 401 g/mol. The highest BCUT2D eigenvalue weighted by atomic mass is 32.2. The molecule has 2 aliphatic rings. The van der Waals surface area contributed by atoms with E-state index in [9.17, 15) is 14.0 Å². The van der Waals surface area contributed by atoms with Crippen LogP contribution in [0, 0.1) is 5.82 Å². The Morgan fingerprint density at radius 1 is 1.14 bits per heavy atom. The number of fused-ring (bicyclic) bond motifs is 1. The lowest BCUT2D eigenvalue weighted by Crippen LogP contribution is -2.41. The summed E-state index contributed by atoms with van der Waals surface area (Å²) in [5.41, 5.74) is 1.60. The van der Waals surface area contributed by atoms with E-state index < -0.39 is 5.82 Å². The molecule has 4 rings (SSSR count). The van der Waals surface area contributed by atoms with Crippen LogP contribution in [0.5, 0.6) is 0 Å². The molecule has 2 amide bonds. The maximum Gasteiger partial charge on any atom is 0.244 e. The molecular formula is C20H20FN3O3S. The predicted molar refractivity (Wildman–Crippen MR) is 108 cm³/mol. The van der Waals surface area contributed by atoms with E-state index in [2.05, 4.69) is 5.32 Å². The van der Waals surface area contributed by atoms with E-state index >= 15 is 0 Å². The number of hydrogen-bond acceptors (Lipinski definition) is 5. The van der Waals surface area contributed by atoms with E-state index in [1.807, 2.05) is 29.2 Å². The number of amides is 2. The van der Waals surface area contributed by atoms with E-state index in [-0.39, 0.29) is 18.4 Å². The predicted octanol–water partition coefficient (Wildman–Crippen LogP) is 2.74. The summed E-state index contributed by atoms with van der Waals surface area (Å²) in [6.07, 6.45) is 0. The Bertz CT molecular complexity index is 902. The van der Waals surface area contributed by atoms with E-state index in [0.29, 0.717) is 43.4 Å². The molecule has 0 spiro atoms. The molecule has 2 aromatic rings. The molecular weight excluding hydrogens is 381 g/mol. The highest BCUT2D eigenvalue weighted by Gasteiger charge is 2.26. The summed E-state index contributed by atoms with van der Waals surface area (Å²) in [5, 5.41) is 2.69. The van der Waals surface area contributed by atoms with Crippen molar-refractivity contribution < 1.29 is 18.7 Å². The zero-order valence-electron chi connectivity index (χ0n) is 15.2. The highest BCUT2D eigenvalue weighted by molar-refractivity contribution is 8.00. The lowest BCUT2D eigenvalue weighted by atomic mass is 10.2. The summed E-state index contributed by atoms with van der Waals surface area (Å²) >= 11 is 1.46. The summed E-state index contributed by atoms with van der Waals surface area (Å²) in [4.78, 5) is 29.1. The maximum atomic E-state index is 14.5. The van der Waals surface area contributed by atoms with Gasteiger partial charge in [-0.05, 0) is 30.3 Å². The molecule has 0 radical (unpaired) electrons. The minimum Gasteiger partial charge on any atom is -0.378 e. The molecule has 0 atom stereocenters. The first kappa shape index (κ1) is 18.8. The van der Waals surface area contributed by atoms with Crippen LogP contribution in [0.25, 0.3) is 0 Å². The molecule has 0 saturated carbocycles. The Morgan fingerprint density at radius 3 is 2.71 bits per heavy atom. The number of thioether (sulfide) groups is 1. The normalized spacial score (nSPS) is 16.7. The van der Waals surface area contributed by atoms with E-state index in [4.69, 9.17) is 4.74 Å². The van der Waals surface area contributed by atoms with Gasteiger partial charge in [0.2, 0.25) is 11.8 Å². The number of anilines is 3. The third-order valence-electron chi connectivity index (χ3n) is 4.69. The molecule has 2 heterocycles. The van der Waals surface area contributed by atoms with Crippen LogP contribution in [-0.4, -0.2) is 50.4 Å². The number of carbonyl (C=O) groups excluding carboxylic acids is 2. The topological polar surface area (TPSA) is 61.9 Å². The summed E-state index contributed by atoms with van der Waals surface area (Å²) < 4.78 is 19.8. The summed E-state index contributed by atoms with van der Waals surface area (Å²) in [5.74, 6) is -0.579. The van der Waals surface area contributed by atoms with Crippen LogP contribution in [-0.2, 0) is 14.3 Å². The molecule has 8 heteroatoms. The SMILES string of the molecule is O=C(CN1C(=O)CSc2ccccc21)Nc1ccc(N2CCOCC2)c(F)c1. The van der Waals surface area contributed by atoms with Crippen molar-refractivity contribution in [3.63, 3.8) is 0 Å². The Kier molecular flexibility index (Phi) is 5.50. The number of nitrogens with zero attached hydrogens (tertiary/aromatic N) is 2. The van der Waals surface area contributed by atoms with Gasteiger partial charge in [0.1, 0.15) is 12.4 Å². The summed E-state index contributed by atoms with van der Waals surface area (Å²) in [6, 6.07) is 12.1. The number of benzene rings is 2. The van der Waals surface area contributed by atoms with Crippen molar-refractivity contribution in [1.29, 1.82) is 0 Å². The highest BCUT2D eigenvalue weighted by Crippen LogP contribution is 2.34. The number of halogens is 1. The van der Waals surface area contributed by atoms with Gasteiger partial charge in [-0.1, -0.05) is 12.1 Å². The van der Waals surface area contributed by atoms with Crippen molar-refractivity contribution in [3.05, 3.63) is 48.3 Å². The van der Waals surface area contributed by atoms with Gasteiger partial charge in [-0.3, -0.25) is 9.59 Å². The molecule has 0 aliphatic carbocycles. The van der Waals surface area contributed by atoms with Crippen molar-refractivity contribution in [3.8, 4) is 0 Å². The quantitative estimate of drug-likeness (QED) is 0.854. The number of rotatable bonds is 4. The molecule has 1 fully saturated rings. The van der Waals surface area contributed by atoms with Gasteiger partial charge < -0.3 is 19.9 Å². The Hall–Kier alpha value is -2.58. The van der Waals surface area contributed by atoms with Gasteiger partial charge in [0, 0.05) is 23.7 Å². The molecule has 6 nitrogen and oxygen atoms in total. The van der Waals surface area contributed by atoms with Crippen LogP contribution < -0.4 is 15.1 Å². The fourth-order valence-electron chi connectivity index (χ4n) is 3.32. The van der Waals surface area contributed by atoms with Gasteiger partial charge in [-0.25, -0.2) is 4.39 Å². The largest absolute Gasteiger partial charge is 0.378 e. The van der Waals surface area contributed by atoms with Gasteiger partial charge in [0.15, 0.2) is 0 Å². The van der Waals surface area contributed by atoms with Crippen LogP contribution in [0.1, 0.15) is 0 Å². The minimum absolute atomic E-state index is 0.108. The number of carbonyl (C=O) groups is 2. The smallest absolute Gasteiger partial charge is 0.244 e. The van der Waals surface area contributed by atoms with Crippen molar-refractivity contribution in [1.82, 2.24) is 0 Å². The molecule has 1 saturated heterocycles. The van der Waals surface area contributed by atoms with E-state index in [1.54, 1.807) is 12.1 Å². The van der Waals surface area contributed by atoms with Crippen LogP contribution in [0.4, 0.5) is 21.5 Å². The molecule has 0 aromatic heterocycles. The number of ether oxygens (including phenoxy) is 1. The molecule has 0 unspecified atom stereocenters. The van der Waals surface area contributed by atoms with Crippen LogP contribution >= 0.6 is 11.8 Å². The lowest BCUT2D eigenvalue weighted by molar-refractivity contribution is -0.120. The van der Waals surface area contributed by atoms with Crippen LogP contribution in [0.2, 0.25) is 0 Å². The molecule has 0 bridgehead atoms. The van der Waals surface area contributed by atoms with E-state index in [1.165, 1.54) is 22.7 Å². The average Bonchev–Trinajstić information content (AvgIpc) is 2.71. The first-order valence-corrected chi connectivity index (χ1v) is 10.0. The number of para-hydroxylation sites is 1. The Balaban J connectivity index is 1.44. The molecule has 2 aromatic carbocycles. The molecule has 146 valence electrons. The van der Waals surface area contributed by atoms with Gasteiger partial charge >= 0.3 is 0 Å². The van der Waals surface area contributed by atoms with Crippen molar-refractivity contribution in [2.24, 2.45) is 0 Å². The van der Waals surface area contributed by atoms with Crippen molar-refractivity contribution in [2.75, 3.05) is 53.7 Å². The summed E-state index contributed by atoms with van der Waals surface area (Å²) in [6.45, 7) is 2.31. The second-order valence-electron chi connectivity index (χ2n) is 6.55. The van der Waals surface area contributed by atoms with Crippen molar-refractivity contribution >= 4 is 40.6 Å². The Labute approximate surface area is 166 Å². The molecule has 2 aliphatic heterocycles.